The Morgan fingerprint density at radius 3 is 1.70 bits per heavy atom. The standard InChI is InChI=1S/C4H10Ge.C3H8NS/c1-3-5-4-2;1-3(5)2-4/h3-4H2,1-2H3;3-5H,2H2,1H3/q;-1/p-1. The first-order chi connectivity index (χ1) is 4.68. The quantitative estimate of drug-likeness (QED) is 0.529. The van der Waals surface area contributed by atoms with E-state index in [1.54, 1.807) is 0 Å². The van der Waals surface area contributed by atoms with Crippen LogP contribution in [0.3, 0.4) is 0 Å². The Morgan fingerprint density at radius 2 is 1.70 bits per heavy atom. The van der Waals surface area contributed by atoms with Crippen molar-refractivity contribution in [2.24, 2.45) is 0 Å². The summed E-state index contributed by atoms with van der Waals surface area (Å²) in [4.78, 5) is 0. The Morgan fingerprint density at radius 1 is 1.40 bits per heavy atom. The molecule has 3 heteroatoms. The van der Waals surface area contributed by atoms with E-state index in [2.05, 4.69) is 26.5 Å². The van der Waals surface area contributed by atoms with Crippen molar-refractivity contribution in [3.05, 3.63) is 5.73 Å². The Balaban J connectivity index is 0. The Hall–Kier alpha value is 0.853. The van der Waals surface area contributed by atoms with Crippen molar-refractivity contribution in [1.82, 2.24) is 0 Å². The maximum atomic E-state index is 6.55. The van der Waals surface area contributed by atoms with Crippen LogP contribution in [0.5, 0.6) is 0 Å². The van der Waals surface area contributed by atoms with E-state index in [1.807, 2.05) is 6.92 Å². The van der Waals surface area contributed by atoms with E-state index >= 15 is 0 Å². The van der Waals surface area contributed by atoms with Gasteiger partial charge in [0.2, 0.25) is 0 Å². The topological polar surface area (TPSA) is 23.8 Å². The molecule has 0 saturated heterocycles. The predicted molar refractivity (Wildman–Crippen MR) is 52.7 cm³/mol. The molecule has 0 fully saturated rings. The van der Waals surface area contributed by atoms with Crippen LogP contribution in [0.2, 0.25) is 10.5 Å². The van der Waals surface area contributed by atoms with Gasteiger partial charge in [-0.3, -0.25) is 0 Å². The first-order valence-electron chi connectivity index (χ1n) is 3.70. The molecule has 1 atom stereocenters. The fraction of sp³-hybridized carbons (Fsp3) is 1.00. The second-order valence-electron chi connectivity index (χ2n) is 1.97. The van der Waals surface area contributed by atoms with Gasteiger partial charge in [-0.2, -0.15) is 11.8 Å². The van der Waals surface area contributed by atoms with Gasteiger partial charge in [-0.05, 0) is 0 Å². The molecule has 2 radical (unpaired) electrons. The van der Waals surface area contributed by atoms with E-state index in [1.165, 1.54) is 10.5 Å². The molecule has 10 heavy (non-hydrogen) atoms. The molecule has 1 nitrogen and oxygen atoms in total. The van der Waals surface area contributed by atoms with Gasteiger partial charge in [-0.1, -0.05) is 6.92 Å². The zero-order chi connectivity index (χ0) is 8.41. The summed E-state index contributed by atoms with van der Waals surface area (Å²) < 4.78 is 0. The molecule has 1 N–H and O–H groups in total. The summed E-state index contributed by atoms with van der Waals surface area (Å²) in [6.07, 6.45) is 0. The maximum absolute atomic E-state index is 6.55. The second-order valence-corrected chi connectivity index (χ2v) is 6.79. The van der Waals surface area contributed by atoms with Crippen LogP contribution in [0, 0.1) is 0 Å². The van der Waals surface area contributed by atoms with E-state index in [4.69, 9.17) is 5.73 Å². The third kappa shape index (κ3) is 23.2. The molecule has 0 aliphatic carbocycles. The van der Waals surface area contributed by atoms with Gasteiger partial charge in [0.1, 0.15) is 0 Å². The van der Waals surface area contributed by atoms with Gasteiger partial charge in [0.15, 0.2) is 0 Å². The summed E-state index contributed by atoms with van der Waals surface area (Å²) in [6, 6.07) is 0. The molecule has 0 rings (SSSR count). The summed E-state index contributed by atoms with van der Waals surface area (Å²) in [6.45, 7) is 6.75. The zero-order valence-corrected chi connectivity index (χ0v) is 10.0. The Labute approximate surface area is 77.0 Å². The van der Waals surface area contributed by atoms with Crippen molar-refractivity contribution < 1.29 is 0 Å². The molecule has 1 unspecified atom stereocenters. The van der Waals surface area contributed by atoms with Crippen LogP contribution in [0.4, 0.5) is 0 Å². The van der Waals surface area contributed by atoms with Crippen molar-refractivity contribution in [3.8, 4) is 0 Å². The first-order valence-corrected chi connectivity index (χ1v) is 7.13. The Bertz CT molecular complexity index is 48.9. The molecule has 0 saturated carbocycles. The third-order valence-electron chi connectivity index (χ3n) is 0.787. The molecule has 0 aromatic rings. The van der Waals surface area contributed by atoms with E-state index in [0.717, 1.165) is 0 Å². The molecule has 0 spiro atoms. The van der Waals surface area contributed by atoms with Crippen molar-refractivity contribution in [3.63, 3.8) is 0 Å². The van der Waals surface area contributed by atoms with Gasteiger partial charge < -0.3 is 18.4 Å². The third-order valence-corrected chi connectivity index (χ3v) is 3.05. The van der Waals surface area contributed by atoms with Gasteiger partial charge in [0, 0.05) is 0 Å². The zero-order valence-electron chi connectivity index (χ0n) is 7.11. The van der Waals surface area contributed by atoms with Gasteiger partial charge in [0.25, 0.3) is 0 Å². The minimum absolute atomic E-state index is 0.134. The fourth-order valence-corrected chi connectivity index (χ4v) is 1.30. The summed E-state index contributed by atoms with van der Waals surface area (Å²) >= 11 is 5.12. The molecule has 62 valence electrons. The molecule has 0 aliphatic rings. The summed E-state index contributed by atoms with van der Waals surface area (Å²) in [5.41, 5.74) is 6.55. The van der Waals surface area contributed by atoms with Crippen LogP contribution < -0.4 is 0 Å². The predicted octanol–water partition coefficient (Wildman–Crippen LogP) is 2.54. The van der Waals surface area contributed by atoms with Crippen molar-refractivity contribution in [1.29, 1.82) is 0 Å². The molecular formula is C7H17GeNS-2. The van der Waals surface area contributed by atoms with Crippen LogP contribution in [0.15, 0.2) is 0 Å². The molecule has 0 aliphatic heterocycles. The average Bonchev–Trinajstić information content (AvgIpc) is 1.91. The van der Waals surface area contributed by atoms with Crippen molar-refractivity contribution in [2.75, 3.05) is 6.54 Å². The van der Waals surface area contributed by atoms with E-state index < -0.39 is 0 Å². The van der Waals surface area contributed by atoms with Crippen LogP contribution in [0.1, 0.15) is 20.8 Å². The number of hydrogen-bond donors (Lipinski definition) is 0. The average molecular weight is 220 g/mol. The van der Waals surface area contributed by atoms with Crippen molar-refractivity contribution >= 4 is 28.1 Å². The summed E-state index contributed by atoms with van der Waals surface area (Å²) in [5, 5.41) is 3.07. The summed E-state index contributed by atoms with van der Waals surface area (Å²) in [5.74, 6) is 0. The van der Waals surface area contributed by atoms with E-state index in [0.29, 0.717) is 22.0 Å². The van der Waals surface area contributed by atoms with Crippen LogP contribution in [-0.4, -0.2) is 27.2 Å². The van der Waals surface area contributed by atoms with Gasteiger partial charge >= 0.3 is 39.8 Å². The van der Waals surface area contributed by atoms with Crippen molar-refractivity contribution in [2.45, 2.75) is 36.5 Å². The van der Waals surface area contributed by atoms with Crippen LogP contribution in [0.25, 0.3) is 5.73 Å². The van der Waals surface area contributed by atoms with Crippen LogP contribution >= 0.6 is 0 Å². The molecule has 0 bridgehead atoms. The van der Waals surface area contributed by atoms with E-state index in [9.17, 15) is 0 Å². The number of nitrogens with one attached hydrogen (secondary N) is 1. The normalized spacial score (nSPS) is 11.7. The van der Waals surface area contributed by atoms with Gasteiger partial charge in [-0.25, -0.2) is 0 Å². The second kappa shape index (κ2) is 12.5. The fourth-order valence-electron chi connectivity index (χ4n) is 0.250. The van der Waals surface area contributed by atoms with Gasteiger partial charge in [0.05, 0.1) is 0 Å². The molecule has 0 aromatic carbocycles. The van der Waals surface area contributed by atoms with Gasteiger partial charge in [-0.15, -0.1) is 0 Å². The van der Waals surface area contributed by atoms with Crippen LogP contribution in [-0.2, 0) is 12.6 Å². The first kappa shape index (κ1) is 13.4. The summed E-state index contributed by atoms with van der Waals surface area (Å²) in [7, 11) is 0. The molecular weight excluding hydrogens is 203 g/mol. The monoisotopic (exact) mass is 221 g/mol. The molecule has 0 aromatic heterocycles. The SMILES string of the molecule is CC([S-])C[NH-].C[CH2][Ge][CH2]C. The molecule has 0 amide bonds. The molecule has 0 heterocycles. The number of hydrogen-bond acceptors (Lipinski definition) is 1. The Kier molecular flexibility index (Phi) is 16.8. The van der Waals surface area contributed by atoms with E-state index in [-0.39, 0.29) is 5.25 Å². The number of rotatable bonds is 3. The minimum atomic E-state index is 0.134.